The highest BCUT2D eigenvalue weighted by Gasteiger charge is 2.39. The molecule has 0 nitrogen and oxygen atoms in total. The van der Waals surface area contributed by atoms with E-state index in [1.54, 1.807) is 10.4 Å². The Labute approximate surface area is 153 Å². The molecular formula is C20H36Si4. The summed E-state index contributed by atoms with van der Waals surface area (Å²) in [6.45, 7) is 25.6. The van der Waals surface area contributed by atoms with Gasteiger partial charge in [-0.1, -0.05) is 112 Å². The summed E-state index contributed by atoms with van der Waals surface area (Å²) in [6.07, 6.45) is 0. The molecule has 132 valence electrons. The van der Waals surface area contributed by atoms with E-state index in [0.29, 0.717) is 0 Å². The first-order chi connectivity index (χ1) is 10.7. The third-order valence-electron chi connectivity index (χ3n) is 7.03. The van der Waals surface area contributed by atoms with E-state index in [2.05, 4.69) is 102 Å². The zero-order valence-corrected chi connectivity index (χ0v) is 21.5. The summed E-state index contributed by atoms with van der Waals surface area (Å²) >= 11 is 0. The Balaban J connectivity index is 2.61. The second-order valence-corrected chi connectivity index (χ2v) is 43.7. The minimum absolute atomic E-state index is 1.14. The summed E-state index contributed by atoms with van der Waals surface area (Å²) in [7, 11) is -4.96. The lowest BCUT2D eigenvalue weighted by Crippen LogP contribution is -2.61. The molecule has 0 amide bonds. The maximum absolute atomic E-state index is 2.57. The number of benzene rings is 2. The molecule has 24 heavy (non-hydrogen) atoms. The Kier molecular flexibility index (Phi) is 5.03. The predicted octanol–water partition coefficient (Wildman–Crippen LogP) is 5.50. The van der Waals surface area contributed by atoms with Crippen LogP contribution in [-0.4, -0.2) is 30.4 Å². The molecule has 0 N–H and O–H groups in total. The van der Waals surface area contributed by atoms with Crippen LogP contribution in [0.3, 0.4) is 0 Å². The molecule has 0 atom stereocenters. The van der Waals surface area contributed by atoms with Crippen LogP contribution in [0.15, 0.2) is 36.4 Å². The Morgan fingerprint density at radius 1 is 0.458 bits per heavy atom. The maximum Gasteiger partial charge on any atom is 0.0736 e. The van der Waals surface area contributed by atoms with Crippen LogP contribution >= 0.6 is 0 Å². The van der Waals surface area contributed by atoms with Crippen LogP contribution in [0.1, 0.15) is 0 Å². The number of hydrogen-bond donors (Lipinski definition) is 0. The lowest BCUT2D eigenvalue weighted by atomic mass is 10.1. The Morgan fingerprint density at radius 3 is 1.08 bits per heavy atom. The smallest absolute Gasteiger partial charge is 0.0712 e. The average molecular weight is 389 g/mol. The standard InChI is InChI=1S/C20H36Si4/c1-21(2,3)23(7,8)19-13-11-17-12-14-20(16-18(17)15-19)24(9,10)22(4,5)6/h11-16H,1-10H3. The van der Waals surface area contributed by atoms with Crippen molar-refractivity contribution in [3.8, 4) is 0 Å². The molecule has 0 saturated heterocycles. The molecule has 0 fully saturated rings. The van der Waals surface area contributed by atoms with Gasteiger partial charge in [0.05, 0.1) is 15.2 Å². The van der Waals surface area contributed by atoms with Gasteiger partial charge in [-0.2, -0.15) is 0 Å². The van der Waals surface area contributed by atoms with Crippen molar-refractivity contribution in [2.24, 2.45) is 0 Å². The summed E-state index contributed by atoms with van der Waals surface area (Å²) in [6, 6.07) is 14.7. The van der Waals surface area contributed by atoms with Crippen LogP contribution in [0.5, 0.6) is 0 Å². The highest BCUT2D eigenvalue weighted by molar-refractivity contribution is 7.45. The van der Waals surface area contributed by atoms with Crippen molar-refractivity contribution < 1.29 is 0 Å². The van der Waals surface area contributed by atoms with Gasteiger partial charge in [0.2, 0.25) is 0 Å². The second kappa shape index (κ2) is 6.08. The summed E-state index contributed by atoms with van der Waals surface area (Å²) in [5, 5.41) is 6.18. The van der Waals surface area contributed by atoms with E-state index < -0.39 is 30.4 Å². The summed E-state index contributed by atoms with van der Waals surface area (Å²) in [5.74, 6) is 0. The fourth-order valence-corrected chi connectivity index (χ4v) is 12.8. The van der Waals surface area contributed by atoms with Crippen LogP contribution in [0, 0.1) is 0 Å². The van der Waals surface area contributed by atoms with Gasteiger partial charge >= 0.3 is 0 Å². The van der Waals surface area contributed by atoms with E-state index in [1.807, 2.05) is 0 Å². The maximum atomic E-state index is 2.57. The van der Waals surface area contributed by atoms with E-state index >= 15 is 0 Å². The Morgan fingerprint density at radius 2 is 0.792 bits per heavy atom. The predicted molar refractivity (Wildman–Crippen MR) is 125 cm³/mol. The van der Waals surface area contributed by atoms with Gasteiger partial charge in [-0.05, 0) is 10.8 Å². The van der Waals surface area contributed by atoms with Gasteiger partial charge < -0.3 is 0 Å². The van der Waals surface area contributed by atoms with Crippen molar-refractivity contribution in [2.75, 3.05) is 0 Å². The minimum Gasteiger partial charge on any atom is -0.0712 e. The third kappa shape index (κ3) is 3.43. The van der Waals surface area contributed by atoms with Gasteiger partial charge in [-0.3, -0.25) is 0 Å². The van der Waals surface area contributed by atoms with Gasteiger partial charge in [0.25, 0.3) is 0 Å². The number of hydrogen-bond acceptors (Lipinski definition) is 0. The van der Waals surface area contributed by atoms with Crippen LogP contribution in [0.2, 0.25) is 65.5 Å². The largest absolute Gasteiger partial charge is 0.0736 e. The number of rotatable bonds is 4. The van der Waals surface area contributed by atoms with Crippen LogP contribution < -0.4 is 10.4 Å². The molecule has 2 aromatic rings. The first-order valence-electron chi connectivity index (χ1n) is 9.23. The van der Waals surface area contributed by atoms with Gasteiger partial charge in [-0.25, -0.2) is 0 Å². The van der Waals surface area contributed by atoms with E-state index in [9.17, 15) is 0 Å². The van der Waals surface area contributed by atoms with Gasteiger partial charge in [0.1, 0.15) is 0 Å². The van der Waals surface area contributed by atoms with Crippen molar-refractivity contribution in [1.29, 1.82) is 0 Å². The summed E-state index contributed by atoms with van der Waals surface area (Å²) < 4.78 is 0. The molecule has 0 spiro atoms. The molecule has 2 aromatic carbocycles. The normalized spacial score (nSPS) is 14.2. The van der Waals surface area contributed by atoms with Crippen LogP contribution in [0.4, 0.5) is 0 Å². The van der Waals surface area contributed by atoms with Crippen LogP contribution in [0.25, 0.3) is 10.8 Å². The average Bonchev–Trinajstić information content (AvgIpc) is 2.43. The quantitative estimate of drug-likeness (QED) is 0.606. The molecular weight excluding hydrogens is 353 g/mol. The van der Waals surface area contributed by atoms with Crippen LogP contribution in [-0.2, 0) is 0 Å². The Bertz CT molecular complexity index is 686. The molecule has 0 saturated carbocycles. The first-order valence-corrected chi connectivity index (χ1v) is 24.2. The van der Waals surface area contributed by atoms with Crippen molar-refractivity contribution in [1.82, 2.24) is 0 Å². The molecule has 4 heteroatoms. The number of fused-ring (bicyclic) bond motifs is 1. The molecule has 0 unspecified atom stereocenters. The lowest BCUT2D eigenvalue weighted by Gasteiger charge is -2.37. The molecule has 0 aliphatic rings. The summed E-state index contributed by atoms with van der Waals surface area (Å²) in [4.78, 5) is 0. The highest BCUT2D eigenvalue weighted by atomic mass is 29.3. The van der Waals surface area contributed by atoms with Crippen molar-refractivity contribution in [3.05, 3.63) is 36.4 Å². The zero-order chi connectivity index (χ0) is 18.6. The van der Waals surface area contributed by atoms with E-state index in [-0.39, 0.29) is 0 Å². The fraction of sp³-hybridized carbons (Fsp3) is 0.500. The van der Waals surface area contributed by atoms with E-state index in [4.69, 9.17) is 0 Å². The van der Waals surface area contributed by atoms with Gasteiger partial charge in [0, 0.05) is 15.2 Å². The first kappa shape index (κ1) is 19.9. The topological polar surface area (TPSA) is 0 Å². The summed E-state index contributed by atoms with van der Waals surface area (Å²) in [5.41, 5.74) is 0. The molecule has 0 bridgehead atoms. The molecule has 0 aromatic heterocycles. The van der Waals surface area contributed by atoms with Crippen molar-refractivity contribution >= 4 is 51.5 Å². The minimum atomic E-state index is -1.34. The lowest BCUT2D eigenvalue weighted by molar-refractivity contribution is 1.70. The molecule has 0 heterocycles. The van der Waals surface area contributed by atoms with E-state index in [0.717, 1.165) is 0 Å². The zero-order valence-electron chi connectivity index (χ0n) is 17.5. The molecule has 0 radical (unpaired) electrons. The highest BCUT2D eigenvalue weighted by Crippen LogP contribution is 2.23. The molecule has 2 rings (SSSR count). The monoisotopic (exact) mass is 388 g/mol. The molecule has 0 aliphatic heterocycles. The Hall–Kier alpha value is -0.432. The second-order valence-electron chi connectivity index (χ2n) is 10.5. The van der Waals surface area contributed by atoms with Crippen molar-refractivity contribution in [3.63, 3.8) is 0 Å². The van der Waals surface area contributed by atoms with Gasteiger partial charge in [0.15, 0.2) is 0 Å². The van der Waals surface area contributed by atoms with E-state index in [1.165, 1.54) is 10.8 Å². The van der Waals surface area contributed by atoms with Gasteiger partial charge in [-0.15, -0.1) is 0 Å². The SMILES string of the molecule is C[Si](C)(C)[Si](C)(C)c1ccc2ccc([Si](C)(C)[Si](C)(C)C)cc2c1. The van der Waals surface area contributed by atoms with Crippen molar-refractivity contribution in [2.45, 2.75) is 65.5 Å². The molecule has 0 aliphatic carbocycles. The third-order valence-corrected chi connectivity index (χ3v) is 42.3. The fourth-order valence-electron chi connectivity index (χ4n) is 2.89.